The molecule has 0 heterocycles. The average Bonchev–Trinajstić information content (AvgIpc) is 2.33. The Labute approximate surface area is 108 Å². The van der Waals surface area contributed by atoms with Crippen LogP contribution in [0.15, 0.2) is 12.7 Å². The van der Waals surface area contributed by atoms with E-state index in [0.717, 1.165) is 25.8 Å². The van der Waals surface area contributed by atoms with E-state index in [-0.39, 0.29) is 18.4 Å². The Kier molecular flexibility index (Phi) is 6.19. The summed E-state index contributed by atoms with van der Waals surface area (Å²) < 4.78 is 38.3. The number of halogens is 3. The highest BCUT2D eigenvalue weighted by Crippen LogP contribution is 2.41. The van der Waals surface area contributed by atoms with Crippen LogP contribution in [0.25, 0.3) is 0 Å². The molecule has 1 aliphatic carbocycles. The van der Waals surface area contributed by atoms with Crippen LogP contribution in [0.1, 0.15) is 45.4 Å². The molecule has 4 heteroatoms. The van der Waals surface area contributed by atoms with Crippen LogP contribution in [0.3, 0.4) is 0 Å². The Bertz CT molecular complexity index is 250. The van der Waals surface area contributed by atoms with Gasteiger partial charge in [-0.3, -0.25) is 0 Å². The average molecular weight is 263 g/mol. The lowest BCUT2D eigenvalue weighted by atomic mass is 9.76. The summed E-state index contributed by atoms with van der Waals surface area (Å²) in [4.78, 5) is 0. The quantitative estimate of drug-likeness (QED) is 0.704. The highest BCUT2D eigenvalue weighted by atomic mass is 19.4. The molecule has 1 nitrogen and oxygen atoms in total. The van der Waals surface area contributed by atoms with Crippen molar-refractivity contribution in [2.24, 2.45) is 11.8 Å². The molecule has 0 bridgehead atoms. The molecule has 3 unspecified atom stereocenters. The van der Waals surface area contributed by atoms with E-state index in [0.29, 0.717) is 12.8 Å². The molecule has 0 aromatic rings. The first-order chi connectivity index (χ1) is 8.49. The van der Waals surface area contributed by atoms with Crippen LogP contribution in [0, 0.1) is 11.8 Å². The largest absolute Gasteiger partial charge is 0.391 e. The number of nitrogens with one attached hydrogen (secondary N) is 1. The van der Waals surface area contributed by atoms with Gasteiger partial charge in [0.15, 0.2) is 0 Å². The number of rotatable bonds is 6. The van der Waals surface area contributed by atoms with E-state index in [9.17, 15) is 13.2 Å². The Morgan fingerprint density at radius 1 is 1.39 bits per heavy atom. The molecule has 3 atom stereocenters. The van der Waals surface area contributed by atoms with Crippen molar-refractivity contribution in [3.8, 4) is 0 Å². The lowest BCUT2D eigenvalue weighted by Crippen LogP contribution is -2.40. The van der Waals surface area contributed by atoms with E-state index >= 15 is 0 Å². The SMILES string of the molecule is C=CCCC(NCC)C1CCCC(C(F)(F)F)C1. The van der Waals surface area contributed by atoms with Gasteiger partial charge in [0.25, 0.3) is 0 Å². The van der Waals surface area contributed by atoms with Crippen LogP contribution < -0.4 is 5.32 Å². The number of alkyl halides is 3. The molecule has 0 saturated heterocycles. The molecule has 0 amide bonds. The minimum absolute atomic E-state index is 0.158. The molecular formula is C14H24F3N. The lowest BCUT2D eigenvalue weighted by molar-refractivity contribution is -0.186. The minimum Gasteiger partial charge on any atom is -0.314 e. The third-order valence-electron chi connectivity index (χ3n) is 3.89. The Balaban J connectivity index is 2.58. The summed E-state index contributed by atoms with van der Waals surface area (Å²) in [6.45, 7) is 6.50. The molecule has 1 fully saturated rings. The molecule has 1 aliphatic rings. The Morgan fingerprint density at radius 3 is 2.67 bits per heavy atom. The van der Waals surface area contributed by atoms with Crippen LogP contribution in [0.5, 0.6) is 0 Å². The van der Waals surface area contributed by atoms with Crippen molar-refractivity contribution in [3.63, 3.8) is 0 Å². The molecule has 0 aromatic carbocycles. The highest BCUT2D eigenvalue weighted by molar-refractivity contribution is 4.86. The molecule has 0 aliphatic heterocycles. The van der Waals surface area contributed by atoms with Crippen molar-refractivity contribution in [2.45, 2.75) is 57.7 Å². The van der Waals surface area contributed by atoms with Crippen LogP contribution in [0.2, 0.25) is 0 Å². The van der Waals surface area contributed by atoms with Gasteiger partial charge < -0.3 is 5.32 Å². The zero-order valence-electron chi connectivity index (χ0n) is 11.1. The smallest absolute Gasteiger partial charge is 0.314 e. The van der Waals surface area contributed by atoms with Crippen LogP contribution in [0.4, 0.5) is 13.2 Å². The van der Waals surface area contributed by atoms with Crippen molar-refractivity contribution < 1.29 is 13.2 Å². The van der Waals surface area contributed by atoms with Crippen LogP contribution >= 0.6 is 0 Å². The molecule has 1 rings (SSSR count). The van der Waals surface area contributed by atoms with E-state index < -0.39 is 12.1 Å². The zero-order valence-corrected chi connectivity index (χ0v) is 11.1. The van der Waals surface area contributed by atoms with Gasteiger partial charge in [-0.25, -0.2) is 0 Å². The van der Waals surface area contributed by atoms with Crippen LogP contribution in [-0.4, -0.2) is 18.8 Å². The van der Waals surface area contributed by atoms with Gasteiger partial charge in [-0.15, -0.1) is 6.58 Å². The Morgan fingerprint density at radius 2 is 2.11 bits per heavy atom. The maximum atomic E-state index is 12.8. The van der Waals surface area contributed by atoms with Gasteiger partial charge in [0, 0.05) is 6.04 Å². The Hall–Kier alpha value is -0.510. The number of allylic oxidation sites excluding steroid dienone is 1. The molecule has 18 heavy (non-hydrogen) atoms. The van der Waals surface area contributed by atoms with Crippen molar-refractivity contribution in [1.82, 2.24) is 5.32 Å². The second-order valence-electron chi connectivity index (χ2n) is 5.20. The fourth-order valence-electron chi connectivity index (χ4n) is 2.95. The predicted octanol–water partition coefficient (Wildman–Crippen LogP) is 4.30. The fraction of sp³-hybridized carbons (Fsp3) is 0.857. The molecule has 0 aromatic heterocycles. The van der Waals surface area contributed by atoms with E-state index in [1.807, 2.05) is 13.0 Å². The van der Waals surface area contributed by atoms with Gasteiger partial charge >= 0.3 is 6.18 Å². The third kappa shape index (κ3) is 4.63. The zero-order chi connectivity index (χ0) is 13.6. The normalized spacial score (nSPS) is 26.9. The van der Waals surface area contributed by atoms with E-state index in [1.54, 1.807) is 0 Å². The summed E-state index contributed by atoms with van der Waals surface area (Å²) in [5.74, 6) is -0.939. The standard InChI is InChI=1S/C14H24F3N/c1-3-5-9-13(18-4-2)11-7-6-8-12(10-11)14(15,16)17/h3,11-13,18H,1,4-10H2,2H3. The molecule has 0 spiro atoms. The van der Waals surface area contributed by atoms with Crippen molar-refractivity contribution in [1.29, 1.82) is 0 Å². The van der Waals surface area contributed by atoms with E-state index in [4.69, 9.17) is 0 Å². The predicted molar refractivity (Wildman–Crippen MR) is 68.4 cm³/mol. The van der Waals surface area contributed by atoms with E-state index in [2.05, 4.69) is 11.9 Å². The lowest BCUT2D eigenvalue weighted by Gasteiger charge is -2.35. The second kappa shape index (κ2) is 7.17. The van der Waals surface area contributed by atoms with Gasteiger partial charge in [0.2, 0.25) is 0 Å². The van der Waals surface area contributed by atoms with Crippen molar-refractivity contribution in [2.75, 3.05) is 6.54 Å². The first-order valence-corrected chi connectivity index (χ1v) is 6.90. The van der Waals surface area contributed by atoms with Gasteiger partial charge in [0.1, 0.15) is 0 Å². The molecule has 1 saturated carbocycles. The van der Waals surface area contributed by atoms with Gasteiger partial charge in [-0.2, -0.15) is 13.2 Å². The van der Waals surface area contributed by atoms with Gasteiger partial charge in [0.05, 0.1) is 5.92 Å². The summed E-state index contributed by atoms with van der Waals surface area (Å²) >= 11 is 0. The van der Waals surface area contributed by atoms with Gasteiger partial charge in [-0.1, -0.05) is 19.4 Å². The molecule has 1 N–H and O–H groups in total. The summed E-state index contributed by atoms with van der Waals surface area (Å²) in [6, 6.07) is 0.207. The monoisotopic (exact) mass is 263 g/mol. The molecule has 0 radical (unpaired) electrons. The minimum atomic E-state index is -4.02. The summed E-state index contributed by atoms with van der Waals surface area (Å²) in [6.07, 6.45) is 1.80. The maximum Gasteiger partial charge on any atom is 0.391 e. The molecule has 106 valence electrons. The fourth-order valence-corrected chi connectivity index (χ4v) is 2.95. The number of hydrogen-bond acceptors (Lipinski definition) is 1. The first-order valence-electron chi connectivity index (χ1n) is 6.90. The topological polar surface area (TPSA) is 12.0 Å². The first kappa shape index (κ1) is 15.5. The summed E-state index contributed by atoms with van der Waals surface area (Å²) in [7, 11) is 0. The molecular weight excluding hydrogens is 239 g/mol. The third-order valence-corrected chi connectivity index (χ3v) is 3.89. The van der Waals surface area contributed by atoms with Gasteiger partial charge in [-0.05, 0) is 44.6 Å². The maximum absolute atomic E-state index is 12.8. The van der Waals surface area contributed by atoms with E-state index in [1.165, 1.54) is 0 Å². The van der Waals surface area contributed by atoms with Crippen LogP contribution in [-0.2, 0) is 0 Å². The van der Waals surface area contributed by atoms with Crippen molar-refractivity contribution in [3.05, 3.63) is 12.7 Å². The summed E-state index contributed by atoms with van der Waals surface area (Å²) in [5, 5.41) is 3.34. The van der Waals surface area contributed by atoms with Crippen molar-refractivity contribution >= 4 is 0 Å². The highest BCUT2D eigenvalue weighted by Gasteiger charge is 2.43. The number of hydrogen-bond donors (Lipinski definition) is 1. The summed E-state index contributed by atoms with van der Waals surface area (Å²) in [5.41, 5.74) is 0. The second-order valence-corrected chi connectivity index (χ2v) is 5.20.